The van der Waals surface area contributed by atoms with E-state index in [2.05, 4.69) is 31.7 Å². The molecule has 4 aliphatic rings. The van der Waals surface area contributed by atoms with Crippen molar-refractivity contribution >= 4 is 6.16 Å². The van der Waals surface area contributed by atoms with E-state index in [4.69, 9.17) is 9.47 Å². The lowest BCUT2D eigenvalue weighted by molar-refractivity contribution is -0.0671. The molecule has 6 heteroatoms. The van der Waals surface area contributed by atoms with Crippen LogP contribution in [0, 0.1) is 22.7 Å². The average molecular weight is 543 g/mol. The van der Waals surface area contributed by atoms with Gasteiger partial charge in [0.15, 0.2) is 0 Å². The topological polar surface area (TPSA) is 96.2 Å². The van der Waals surface area contributed by atoms with Gasteiger partial charge in [0.1, 0.15) is 11.7 Å². The Morgan fingerprint density at radius 1 is 1.21 bits per heavy atom. The number of allylic oxidation sites excluding steroid dienone is 4. The summed E-state index contributed by atoms with van der Waals surface area (Å²) < 4.78 is 10.6. The largest absolute Gasteiger partial charge is 0.508 e. The van der Waals surface area contributed by atoms with Gasteiger partial charge in [-0.1, -0.05) is 56.7 Å². The van der Waals surface area contributed by atoms with E-state index in [0.717, 1.165) is 49.7 Å². The maximum Gasteiger partial charge on any atom is 0.508 e. The molecule has 4 fully saturated rings. The Morgan fingerprint density at radius 2 is 1.95 bits per heavy atom. The molecule has 6 atom stereocenters. The molecule has 3 N–H and O–H groups in total. The molecule has 0 unspecified atom stereocenters. The Balaban J connectivity index is 1.44. The maximum absolute atomic E-state index is 12.1. The first-order valence-corrected chi connectivity index (χ1v) is 15.1. The maximum atomic E-state index is 12.1. The SMILES string of the molecule is C=C1/C(=C\C=C2/CCC[C@]3(C)[C@@H](C4(/C=C/[C@H](O)C(C)(C)OC(=O)OCCCC)CC4)CC[C@@H]23)C[C@@H](O)C[C@@H]1O. The lowest BCUT2D eigenvalue weighted by atomic mass is 9.60. The standard InChI is InChI=1S/C33H50O6/c1-6-7-19-38-30(37)39-31(3,4)29(36)14-16-33(17-18-33)28-13-12-26-23(9-8-15-32(26,28)5)10-11-24-20-25(34)21-27(35)22(24)2/h10-11,14,16,25-29,34-36H,2,6-9,12-13,15,17-21H2,1,3-5H3/b16-14+,23-10+,24-11-/t25-,26+,27+,28+,29+,32+/m1/s1. The second kappa shape index (κ2) is 11.9. The van der Waals surface area contributed by atoms with Crippen molar-refractivity contribution in [1.82, 2.24) is 0 Å². The molecule has 6 nitrogen and oxygen atoms in total. The van der Waals surface area contributed by atoms with Gasteiger partial charge in [-0.2, -0.15) is 0 Å². The van der Waals surface area contributed by atoms with Crippen LogP contribution in [-0.4, -0.2) is 52.0 Å². The summed E-state index contributed by atoms with van der Waals surface area (Å²) in [7, 11) is 0. The molecule has 0 heterocycles. The second-order valence-corrected chi connectivity index (χ2v) is 13.3. The third-order valence-corrected chi connectivity index (χ3v) is 10.1. The highest BCUT2D eigenvalue weighted by Crippen LogP contribution is 2.69. The van der Waals surface area contributed by atoms with Crippen molar-refractivity contribution in [1.29, 1.82) is 0 Å². The van der Waals surface area contributed by atoms with Gasteiger partial charge in [-0.15, -0.1) is 0 Å². The molecule has 0 aromatic carbocycles. The van der Waals surface area contributed by atoms with Crippen LogP contribution in [0.4, 0.5) is 4.79 Å². The number of aliphatic hydroxyl groups is 3. The lowest BCUT2D eigenvalue weighted by Gasteiger charge is -2.45. The fraction of sp³-hybridized carbons (Fsp3) is 0.727. The van der Waals surface area contributed by atoms with Gasteiger partial charge in [-0.3, -0.25) is 0 Å². The summed E-state index contributed by atoms with van der Waals surface area (Å²) in [5.74, 6) is 1.07. The molecular weight excluding hydrogens is 492 g/mol. The molecule has 0 saturated heterocycles. The Morgan fingerprint density at radius 3 is 2.64 bits per heavy atom. The van der Waals surface area contributed by atoms with Gasteiger partial charge in [0.25, 0.3) is 0 Å². The molecule has 4 saturated carbocycles. The number of carbonyl (C=O) groups excluding carboxylic acids is 1. The zero-order valence-corrected chi connectivity index (χ0v) is 24.5. The van der Waals surface area contributed by atoms with Crippen LogP contribution in [0.15, 0.2) is 47.6 Å². The molecule has 4 rings (SSSR count). The fourth-order valence-electron chi connectivity index (χ4n) is 7.54. The molecule has 4 aliphatic carbocycles. The zero-order valence-electron chi connectivity index (χ0n) is 24.5. The van der Waals surface area contributed by atoms with Crippen molar-refractivity contribution in [2.75, 3.05) is 6.61 Å². The van der Waals surface area contributed by atoms with Gasteiger partial charge in [0.2, 0.25) is 0 Å². The number of hydrogen-bond donors (Lipinski definition) is 3. The Labute approximate surface area is 234 Å². The first-order chi connectivity index (χ1) is 18.4. The van der Waals surface area contributed by atoms with Gasteiger partial charge in [-0.25, -0.2) is 4.79 Å². The fourth-order valence-corrected chi connectivity index (χ4v) is 7.54. The van der Waals surface area contributed by atoms with E-state index in [1.54, 1.807) is 13.8 Å². The molecular formula is C33H50O6. The number of fused-ring (bicyclic) bond motifs is 1. The van der Waals surface area contributed by atoms with E-state index in [0.29, 0.717) is 31.3 Å². The van der Waals surface area contributed by atoms with Gasteiger partial charge in [0.05, 0.1) is 18.8 Å². The van der Waals surface area contributed by atoms with Crippen LogP contribution in [0.1, 0.15) is 98.3 Å². The summed E-state index contributed by atoms with van der Waals surface area (Å²) in [4.78, 5) is 12.1. The van der Waals surface area contributed by atoms with Crippen molar-refractivity contribution in [2.45, 2.75) is 122 Å². The van der Waals surface area contributed by atoms with Crippen LogP contribution >= 0.6 is 0 Å². The lowest BCUT2D eigenvalue weighted by Crippen LogP contribution is -2.40. The van der Waals surface area contributed by atoms with Crippen molar-refractivity contribution < 1.29 is 29.6 Å². The van der Waals surface area contributed by atoms with E-state index in [-0.39, 0.29) is 10.8 Å². The van der Waals surface area contributed by atoms with Gasteiger partial charge in [0, 0.05) is 6.42 Å². The van der Waals surface area contributed by atoms with Crippen molar-refractivity contribution in [3.63, 3.8) is 0 Å². The van der Waals surface area contributed by atoms with E-state index >= 15 is 0 Å². The normalized spacial score (nSPS) is 35.3. The van der Waals surface area contributed by atoms with E-state index in [1.165, 1.54) is 24.8 Å². The minimum absolute atomic E-state index is 0.0922. The molecule has 0 amide bonds. The Hall–Kier alpha value is -1.89. The molecule has 39 heavy (non-hydrogen) atoms. The van der Waals surface area contributed by atoms with E-state index in [1.807, 2.05) is 13.0 Å². The second-order valence-electron chi connectivity index (χ2n) is 13.3. The van der Waals surface area contributed by atoms with Crippen LogP contribution in [0.25, 0.3) is 0 Å². The minimum Gasteiger partial charge on any atom is -0.434 e. The van der Waals surface area contributed by atoms with Crippen LogP contribution in [0.3, 0.4) is 0 Å². The summed E-state index contributed by atoms with van der Waals surface area (Å²) in [6, 6.07) is 0. The summed E-state index contributed by atoms with van der Waals surface area (Å²) in [5, 5.41) is 31.3. The Kier molecular flexibility index (Phi) is 9.19. The highest BCUT2D eigenvalue weighted by molar-refractivity contribution is 5.60. The molecule has 0 spiro atoms. The van der Waals surface area contributed by atoms with Crippen molar-refractivity contribution in [2.24, 2.45) is 22.7 Å². The number of aliphatic hydroxyl groups excluding tert-OH is 3. The minimum atomic E-state index is -1.07. The number of carbonyl (C=O) groups is 1. The number of ether oxygens (including phenoxy) is 2. The van der Waals surface area contributed by atoms with Crippen molar-refractivity contribution in [3.05, 3.63) is 47.6 Å². The van der Waals surface area contributed by atoms with E-state index in [9.17, 15) is 20.1 Å². The van der Waals surface area contributed by atoms with Crippen LogP contribution < -0.4 is 0 Å². The molecule has 0 bridgehead atoms. The molecule has 0 aromatic rings. The van der Waals surface area contributed by atoms with Crippen LogP contribution in [-0.2, 0) is 9.47 Å². The van der Waals surface area contributed by atoms with Crippen LogP contribution in [0.2, 0.25) is 0 Å². The molecule has 0 aromatic heterocycles. The number of unbranched alkanes of at least 4 members (excludes halogenated alkanes) is 1. The van der Waals surface area contributed by atoms with Gasteiger partial charge < -0.3 is 24.8 Å². The third kappa shape index (κ3) is 6.55. The summed E-state index contributed by atoms with van der Waals surface area (Å²) in [6.07, 6.45) is 16.3. The highest BCUT2D eigenvalue weighted by Gasteiger charge is 2.60. The predicted molar refractivity (Wildman–Crippen MR) is 153 cm³/mol. The average Bonchev–Trinajstić information content (AvgIpc) is 3.56. The monoisotopic (exact) mass is 542 g/mol. The van der Waals surface area contributed by atoms with E-state index < -0.39 is 30.1 Å². The smallest absolute Gasteiger partial charge is 0.434 e. The first kappa shape index (κ1) is 30.1. The quantitative estimate of drug-likeness (QED) is 0.174. The predicted octanol–water partition coefficient (Wildman–Crippen LogP) is 6.56. The third-order valence-electron chi connectivity index (χ3n) is 10.1. The number of rotatable bonds is 9. The molecule has 0 aliphatic heterocycles. The molecule has 218 valence electrons. The highest BCUT2D eigenvalue weighted by atomic mass is 16.7. The van der Waals surface area contributed by atoms with Gasteiger partial charge >= 0.3 is 6.16 Å². The zero-order chi connectivity index (χ0) is 28.4. The van der Waals surface area contributed by atoms with Gasteiger partial charge in [-0.05, 0) is 105 Å². The molecule has 0 radical (unpaired) electrons. The first-order valence-electron chi connectivity index (χ1n) is 15.1. The number of hydrogen-bond acceptors (Lipinski definition) is 6. The van der Waals surface area contributed by atoms with Crippen molar-refractivity contribution in [3.8, 4) is 0 Å². The summed E-state index contributed by atoms with van der Waals surface area (Å²) in [6.45, 7) is 12.3. The summed E-state index contributed by atoms with van der Waals surface area (Å²) >= 11 is 0. The Bertz CT molecular complexity index is 1000. The summed E-state index contributed by atoms with van der Waals surface area (Å²) in [5.41, 5.74) is 2.40. The van der Waals surface area contributed by atoms with Crippen LogP contribution in [0.5, 0.6) is 0 Å².